The highest BCUT2D eigenvalue weighted by Crippen LogP contribution is 2.32. The molecule has 35 heavy (non-hydrogen) atoms. The van der Waals surface area contributed by atoms with Crippen LogP contribution >= 0.6 is 0 Å². The fourth-order valence-corrected chi connectivity index (χ4v) is 4.46. The van der Waals surface area contributed by atoms with Crippen LogP contribution in [0.25, 0.3) is 11.3 Å². The molecule has 0 aromatic carbocycles. The first-order valence-corrected chi connectivity index (χ1v) is 11.6. The fourth-order valence-electron chi connectivity index (χ4n) is 4.46. The molecule has 1 aliphatic rings. The molecule has 1 fully saturated rings. The third-order valence-corrected chi connectivity index (χ3v) is 6.44. The van der Waals surface area contributed by atoms with Crippen molar-refractivity contribution in [3.05, 3.63) is 65.6 Å². The second kappa shape index (κ2) is 10.4. The summed E-state index contributed by atoms with van der Waals surface area (Å²) in [4.78, 5) is 24.2. The van der Waals surface area contributed by atoms with E-state index >= 15 is 0 Å². The van der Waals surface area contributed by atoms with Crippen LogP contribution < -0.4 is 5.32 Å². The van der Waals surface area contributed by atoms with Crippen LogP contribution in [0.4, 0.5) is 24.8 Å². The van der Waals surface area contributed by atoms with Gasteiger partial charge in [0.15, 0.2) is 0 Å². The predicted octanol–water partition coefficient (Wildman–Crippen LogP) is 6.43. The van der Waals surface area contributed by atoms with E-state index in [-0.39, 0.29) is 11.7 Å². The molecule has 1 aliphatic carbocycles. The van der Waals surface area contributed by atoms with Gasteiger partial charge < -0.3 is 10.4 Å². The summed E-state index contributed by atoms with van der Waals surface area (Å²) >= 11 is 0. The number of carbonyl (C=O) groups is 1. The third kappa shape index (κ3) is 6.55. The van der Waals surface area contributed by atoms with E-state index in [0.29, 0.717) is 17.4 Å². The van der Waals surface area contributed by atoms with Crippen LogP contribution in [0.2, 0.25) is 0 Å². The summed E-state index contributed by atoms with van der Waals surface area (Å²) in [5.41, 5.74) is 2.54. The Labute approximate surface area is 201 Å². The van der Waals surface area contributed by atoms with Crippen LogP contribution in [0.3, 0.4) is 0 Å². The second-order valence-electron chi connectivity index (χ2n) is 9.10. The molecule has 1 saturated carbocycles. The maximum Gasteiger partial charge on any atom is 0.416 e. The quantitative estimate of drug-likeness (QED) is 0.402. The first-order valence-electron chi connectivity index (χ1n) is 11.6. The Morgan fingerprint density at radius 1 is 1.06 bits per heavy atom. The number of alkyl halides is 3. The Kier molecular flexibility index (Phi) is 7.33. The molecule has 0 radical (unpaired) electrons. The van der Waals surface area contributed by atoms with Gasteiger partial charge in [0.2, 0.25) is 0 Å². The zero-order chi connectivity index (χ0) is 25.0. The molecule has 0 amide bonds. The lowest BCUT2D eigenvalue weighted by Gasteiger charge is -2.25. The number of aliphatic carboxylic acids is 1. The molecule has 0 aliphatic heterocycles. The van der Waals surface area contributed by atoms with Gasteiger partial charge in [-0.05, 0) is 93.3 Å². The van der Waals surface area contributed by atoms with Gasteiger partial charge in [0.05, 0.1) is 17.2 Å². The van der Waals surface area contributed by atoms with E-state index in [1.165, 1.54) is 0 Å². The number of aryl methyl sites for hydroxylation is 2. The topological polar surface area (TPSA) is 88.0 Å². The van der Waals surface area contributed by atoms with Crippen molar-refractivity contribution in [3.8, 4) is 11.3 Å². The molecule has 3 heterocycles. The minimum Gasteiger partial charge on any atom is -0.481 e. The van der Waals surface area contributed by atoms with Crippen LogP contribution in [-0.2, 0) is 17.4 Å². The standard InChI is InChI=1S/C26H27F3N4O2/c1-16-12-22(32-24(13-16)33-23-14-20(10-11-30-23)26(27,28)29)19-7-9-21(31-15-19)8-4-17-2-5-18(6-3-17)25(34)35/h7,9-15,17-18H,2-6,8H2,1H3,(H,34,35)(H,30,32,33)/t17-,18-. The zero-order valence-electron chi connectivity index (χ0n) is 19.3. The summed E-state index contributed by atoms with van der Waals surface area (Å²) in [5, 5.41) is 12.0. The summed E-state index contributed by atoms with van der Waals surface area (Å²) in [7, 11) is 0. The first-order chi connectivity index (χ1) is 16.7. The summed E-state index contributed by atoms with van der Waals surface area (Å²) in [5.74, 6) is 0.107. The molecule has 9 heteroatoms. The van der Waals surface area contributed by atoms with E-state index in [9.17, 15) is 18.0 Å². The van der Waals surface area contributed by atoms with Gasteiger partial charge in [-0.2, -0.15) is 13.2 Å². The van der Waals surface area contributed by atoms with Crippen molar-refractivity contribution in [3.63, 3.8) is 0 Å². The van der Waals surface area contributed by atoms with E-state index in [4.69, 9.17) is 5.11 Å². The molecule has 3 aromatic heterocycles. The Balaban J connectivity index is 1.40. The molecular formula is C26H27F3N4O2. The number of aromatic nitrogens is 3. The Morgan fingerprint density at radius 2 is 1.83 bits per heavy atom. The van der Waals surface area contributed by atoms with Crippen molar-refractivity contribution >= 4 is 17.6 Å². The molecule has 3 aromatic rings. The van der Waals surface area contributed by atoms with E-state index in [2.05, 4.69) is 20.3 Å². The Morgan fingerprint density at radius 3 is 2.49 bits per heavy atom. The van der Waals surface area contributed by atoms with Gasteiger partial charge >= 0.3 is 12.1 Å². The predicted molar refractivity (Wildman–Crippen MR) is 126 cm³/mol. The van der Waals surface area contributed by atoms with Gasteiger partial charge in [-0.1, -0.05) is 0 Å². The minimum absolute atomic E-state index is 0.0646. The van der Waals surface area contributed by atoms with Crippen LogP contribution in [0, 0.1) is 18.8 Å². The van der Waals surface area contributed by atoms with Gasteiger partial charge in [-0.15, -0.1) is 0 Å². The van der Waals surface area contributed by atoms with Gasteiger partial charge in [-0.25, -0.2) is 9.97 Å². The number of hydrogen-bond donors (Lipinski definition) is 2. The van der Waals surface area contributed by atoms with Crippen LogP contribution in [0.15, 0.2) is 48.8 Å². The Hall–Kier alpha value is -3.49. The Bertz CT molecular complexity index is 1170. The van der Waals surface area contributed by atoms with Gasteiger partial charge in [0, 0.05) is 23.7 Å². The number of halogens is 3. The zero-order valence-corrected chi connectivity index (χ0v) is 19.3. The third-order valence-electron chi connectivity index (χ3n) is 6.44. The maximum atomic E-state index is 13.0. The first kappa shape index (κ1) is 24.6. The average Bonchev–Trinajstić information content (AvgIpc) is 2.82. The summed E-state index contributed by atoms with van der Waals surface area (Å²) in [6, 6.07) is 9.42. The van der Waals surface area contributed by atoms with E-state index in [1.807, 2.05) is 25.1 Å². The number of carboxylic acids is 1. The van der Waals surface area contributed by atoms with Crippen molar-refractivity contribution in [2.24, 2.45) is 11.8 Å². The molecule has 0 spiro atoms. The summed E-state index contributed by atoms with van der Waals surface area (Å²) in [6.45, 7) is 1.89. The monoisotopic (exact) mass is 484 g/mol. The number of nitrogens with one attached hydrogen (secondary N) is 1. The minimum atomic E-state index is -4.45. The lowest BCUT2D eigenvalue weighted by Crippen LogP contribution is -2.21. The number of nitrogens with zero attached hydrogens (tertiary/aromatic N) is 3. The second-order valence-corrected chi connectivity index (χ2v) is 9.10. The molecule has 4 rings (SSSR count). The van der Waals surface area contributed by atoms with E-state index in [0.717, 1.165) is 73.7 Å². The number of rotatable bonds is 7. The highest BCUT2D eigenvalue weighted by Gasteiger charge is 2.30. The highest BCUT2D eigenvalue weighted by atomic mass is 19.4. The van der Waals surface area contributed by atoms with Gasteiger partial charge in [0.25, 0.3) is 0 Å². The molecule has 6 nitrogen and oxygen atoms in total. The van der Waals surface area contributed by atoms with Crippen molar-refractivity contribution in [1.29, 1.82) is 0 Å². The lowest BCUT2D eigenvalue weighted by molar-refractivity contribution is -0.143. The number of anilines is 2. The van der Waals surface area contributed by atoms with Crippen molar-refractivity contribution in [2.75, 3.05) is 5.32 Å². The van der Waals surface area contributed by atoms with E-state index in [1.54, 1.807) is 12.3 Å². The molecule has 2 N–H and O–H groups in total. The van der Waals surface area contributed by atoms with Crippen molar-refractivity contribution < 1.29 is 23.1 Å². The fraction of sp³-hybridized carbons (Fsp3) is 0.385. The molecule has 0 unspecified atom stereocenters. The molecule has 0 atom stereocenters. The average molecular weight is 485 g/mol. The summed E-state index contributed by atoms with van der Waals surface area (Å²) in [6.07, 6.45) is 3.62. The molecule has 184 valence electrons. The maximum absolute atomic E-state index is 13.0. The van der Waals surface area contributed by atoms with Gasteiger partial charge in [-0.3, -0.25) is 9.78 Å². The normalized spacial score (nSPS) is 18.3. The highest BCUT2D eigenvalue weighted by molar-refractivity contribution is 5.70. The number of hydrogen-bond acceptors (Lipinski definition) is 5. The smallest absolute Gasteiger partial charge is 0.416 e. The largest absolute Gasteiger partial charge is 0.481 e. The van der Waals surface area contributed by atoms with Crippen LogP contribution in [-0.4, -0.2) is 26.0 Å². The lowest BCUT2D eigenvalue weighted by atomic mass is 9.80. The van der Waals surface area contributed by atoms with Crippen LogP contribution in [0.5, 0.6) is 0 Å². The molecule has 0 saturated heterocycles. The van der Waals surface area contributed by atoms with Crippen molar-refractivity contribution in [1.82, 2.24) is 15.0 Å². The number of pyridine rings is 3. The molecular weight excluding hydrogens is 457 g/mol. The van der Waals surface area contributed by atoms with Crippen molar-refractivity contribution in [2.45, 2.75) is 51.6 Å². The van der Waals surface area contributed by atoms with E-state index < -0.39 is 17.7 Å². The van der Waals surface area contributed by atoms with Crippen LogP contribution in [0.1, 0.15) is 48.9 Å². The summed E-state index contributed by atoms with van der Waals surface area (Å²) < 4.78 is 39.0. The van der Waals surface area contributed by atoms with Gasteiger partial charge in [0.1, 0.15) is 11.6 Å². The number of carboxylic acid groups (broad SMARTS) is 1. The SMILES string of the molecule is Cc1cc(Nc2cc(C(F)(F)F)ccn2)nc(-c2ccc(CC[C@H]3CC[C@H](C(=O)O)CC3)nc2)c1. The molecule has 0 bridgehead atoms.